The summed E-state index contributed by atoms with van der Waals surface area (Å²) in [4.78, 5) is 29.9. The molecule has 0 aliphatic rings. The average Bonchev–Trinajstić information content (AvgIpc) is 2.92. The van der Waals surface area contributed by atoms with E-state index in [0.717, 1.165) is 0 Å². The second-order valence-electron chi connectivity index (χ2n) is 7.48. The monoisotopic (exact) mass is 700 g/mol. The second kappa shape index (κ2) is 23.3. The number of carboxylic acid groups (broad SMARTS) is 3. The van der Waals surface area contributed by atoms with Crippen molar-refractivity contribution in [3.63, 3.8) is 0 Å². The van der Waals surface area contributed by atoms with E-state index >= 15 is 0 Å². The van der Waals surface area contributed by atoms with E-state index in [-0.39, 0.29) is 25.8 Å². The number of hydrogen-bond acceptors (Lipinski definition) is 21. The van der Waals surface area contributed by atoms with Crippen LogP contribution in [0.2, 0.25) is 0 Å². The normalized spacial score (nSPS) is 19.9. The van der Waals surface area contributed by atoms with Crippen molar-refractivity contribution >= 4 is 43.8 Å². The van der Waals surface area contributed by atoms with Gasteiger partial charge in [-0.05, 0) is 0 Å². The summed E-state index contributed by atoms with van der Waals surface area (Å²) in [7, 11) is 0. The zero-order chi connectivity index (χ0) is 31.8. The molecule has 0 bridgehead atoms. The summed E-state index contributed by atoms with van der Waals surface area (Å²) >= 11 is 0. The van der Waals surface area contributed by atoms with Gasteiger partial charge in [0.2, 0.25) is 0 Å². The van der Waals surface area contributed by atoms with E-state index in [0.29, 0.717) is 0 Å². The van der Waals surface area contributed by atoms with Crippen molar-refractivity contribution in [2.24, 2.45) is 0 Å². The van der Waals surface area contributed by atoms with Gasteiger partial charge >= 0.3 is 25.8 Å². The van der Waals surface area contributed by atoms with Crippen molar-refractivity contribution in [2.75, 3.05) is 19.8 Å². The van der Waals surface area contributed by atoms with Gasteiger partial charge in [-0.3, -0.25) is 0 Å². The van der Waals surface area contributed by atoms with Crippen molar-refractivity contribution in [1.29, 1.82) is 0 Å². The Morgan fingerprint density at radius 1 is 0.400 bits per heavy atom. The minimum atomic E-state index is -2.31. The average molecular weight is 700 g/mol. The number of carbonyl (C=O) groups is 3. The van der Waals surface area contributed by atoms with Gasteiger partial charge in [0.05, 0.1) is 37.7 Å². The molecular weight excluding hydrogens is 667 g/mol. The third-order valence-corrected chi connectivity index (χ3v) is 4.49. The quantitative estimate of drug-likeness (QED) is 0.0754. The van der Waals surface area contributed by atoms with Gasteiger partial charge < -0.3 is 106 Å². The molecule has 40 heavy (non-hydrogen) atoms. The molecule has 12 atom stereocenters. The molecule has 0 rings (SSSR count). The van der Waals surface area contributed by atoms with Crippen LogP contribution in [-0.2, 0) is 14.4 Å². The van der Waals surface area contributed by atoms with E-state index in [1.54, 1.807) is 0 Å². The summed E-state index contributed by atoms with van der Waals surface area (Å²) < 4.78 is 0. The van der Waals surface area contributed by atoms with Gasteiger partial charge in [-0.25, -0.2) is 0 Å². The van der Waals surface area contributed by atoms with E-state index < -0.39 is 111 Å². The molecular formula is C18H33InO21. The standard InChI is InChI=1S/3C6H12O7.In/c3*7-1-2(8)3(9)4(10)5(11)6(12)13;/h3*2-5,7-11H,1H2,(H,12,13);/q;;;+3/p-3/t3*2-,3-,4+,5-;/m111./s1. The first-order valence-corrected chi connectivity index (χ1v) is 10.4. The van der Waals surface area contributed by atoms with E-state index in [2.05, 4.69) is 0 Å². The van der Waals surface area contributed by atoms with Gasteiger partial charge in [0.1, 0.15) is 73.2 Å². The number of aliphatic hydroxyl groups excluding tert-OH is 15. The second-order valence-corrected chi connectivity index (χ2v) is 7.48. The maximum atomic E-state index is 9.98. The van der Waals surface area contributed by atoms with Crippen LogP contribution >= 0.6 is 0 Å². The van der Waals surface area contributed by atoms with Gasteiger partial charge in [-0.2, -0.15) is 0 Å². The number of aliphatic hydroxyl groups is 15. The van der Waals surface area contributed by atoms with E-state index in [9.17, 15) is 29.7 Å². The van der Waals surface area contributed by atoms with Gasteiger partial charge in [0.15, 0.2) is 0 Å². The minimum Gasteiger partial charge on any atom is -0.547 e. The van der Waals surface area contributed by atoms with Crippen molar-refractivity contribution in [2.45, 2.75) is 73.2 Å². The Morgan fingerprint density at radius 2 is 0.550 bits per heavy atom. The molecule has 21 nitrogen and oxygen atoms in total. The molecule has 0 heterocycles. The molecule has 0 saturated heterocycles. The molecule has 0 amide bonds. The van der Waals surface area contributed by atoms with E-state index in [1.165, 1.54) is 0 Å². The number of hydrogen-bond donors (Lipinski definition) is 15. The van der Waals surface area contributed by atoms with Crippen LogP contribution in [0.3, 0.4) is 0 Å². The topological polar surface area (TPSA) is 424 Å². The Labute approximate surface area is 243 Å². The Hall–Kier alpha value is -1.32. The zero-order valence-corrected chi connectivity index (χ0v) is 23.6. The Morgan fingerprint density at radius 3 is 0.650 bits per heavy atom. The SMILES string of the molecule is O=C([O-])[C@H](O)[C@@H](O)[C@H](O)[C@H](O)CO.O=C([O-])[C@H](O)[C@@H](O)[C@H](O)[C@H](O)CO.O=C([O-])[C@H](O)[C@@H](O)[C@H](O)[C@H](O)CO.[In+3]. The van der Waals surface area contributed by atoms with E-state index in [4.69, 9.17) is 76.6 Å². The van der Waals surface area contributed by atoms with E-state index in [1.807, 2.05) is 0 Å². The number of carbonyl (C=O) groups excluding carboxylic acids is 3. The fraction of sp³-hybridized carbons (Fsp3) is 0.833. The zero-order valence-electron chi connectivity index (χ0n) is 20.3. The van der Waals surface area contributed by atoms with Crippen LogP contribution in [0, 0.1) is 0 Å². The molecule has 0 aromatic rings. The Kier molecular flexibility index (Phi) is 26.6. The smallest absolute Gasteiger partial charge is 0.547 e. The predicted molar refractivity (Wildman–Crippen MR) is 114 cm³/mol. The summed E-state index contributed by atoms with van der Waals surface area (Å²) in [6.07, 6.45) is -24.2. The number of rotatable bonds is 15. The predicted octanol–water partition coefficient (Wildman–Crippen LogP) is -14.9. The molecule has 0 fully saturated rings. The van der Waals surface area contributed by atoms with Crippen molar-refractivity contribution in [3.05, 3.63) is 0 Å². The summed E-state index contributed by atoms with van der Waals surface area (Å²) in [5.74, 6) is -5.93. The molecule has 0 radical (unpaired) electrons. The van der Waals surface area contributed by atoms with Crippen molar-refractivity contribution < 1.29 is 106 Å². The summed E-state index contributed by atoms with van der Waals surface area (Å²) in [6, 6.07) is 0. The van der Waals surface area contributed by atoms with Crippen LogP contribution in [0.4, 0.5) is 0 Å². The summed E-state index contributed by atoms with van der Waals surface area (Å²) in [6.45, 7) is -2.59. The maximum absolute atomic E-state index is 9.98. The van der Waals surface area contributed by atoms with Gasteiger partial charge in [-0.1, -0.05) is 0 Å². The Bertz CT molecular complexity index is 608. The molecule has 22 heteroatoms. The fourth-order valence-corrected chi connectivity index (χ4v) is 1.99. The first-order valence-electron chi connectivity index (χ1n) is 10.4. The minimum absolute atomic E-state index is 0. The van der Waals surface area contributed by atoms with Crippen LogP contribution in [-0.4, -0.2) is 213 Å². The summed E-state index contributed by atoms with van der Waals surface area (Å²) in [5.41, 5.74) is 0. The maximum Gasteiger partial charge on any atom is 3.00 e. The van der Waals surface area contributed by atoms with Crippen LogP contribution in [0.1, 0.15) is 0 Å². The Balaban J connectivity index is -0.000000240. The molecule has 0 aliphatic carbocycles. The van der Waals surface area contributed by atoms with Gasteiger partial charge in [-0.15, -0.1) is 0 Å². The fourth-order valence-electron chi connectivity index (χ4n) is 1.99. The summed E-state index contributed by atoms with van der Waals surface area (Å²) in [5, 5.41) is 160. The van der Waals surface area contributed by atoms with Gasteiger partial charge in [0, 0.05) is 0 Å². The molecule has 0 spiro atoms. The number of carboxylic acids is 3. The first-order chi connectivity index (χ1) is 17.7. The molecule has 0 saturated carbocycles. The van der Waals surface area contributed by atoms with Gasteiger partial charge in [0.25, 0.3) is 0 Å². The molecule has 0 aromatic heterocycles. The van der Waals surface area contributed by atoms with Crippen LogP contribution in [0.5, 0.6) is 0 Å². The molecule has 234 valence electrons. The van der Waals surface area contributed by atoms with Crippen LogP contribution in [0.15, 0.2) is 0 Å². The third kappa shape index (κ3) is 16.8. The van der Waals surface area contributed by atoms with Crippen molar-refractivity contribution in [1.82, 2.24) is 0 Å². The van der Waals surface area contributed by atoms with Crippen molar-refractivity contribution in [3.8, 4) is 0 Å². The largest absolute Gasteiger partial charge is 3.00 e. The van der Waals surface area contributed by atoms with Crippen LogP contribution in [0.25, 0.3) is 0 Å². The molecule has 15 N–H and O–H groups in total. The molecule has 0 aromatic carbocycles. The van der Waals surface area contributed by atoms with Crippen LogP contribution < -0.4 is 15.3 Å². The number of aliphatic carboxylic acids is 3. The third-order valence-electron chi connectivity index (χ3n) is 4.49. The first kappa shape index (κ1) is 45.7. The molecule has 0 unspecified atom stereocenters. The molecule has 0 aliphatic heterocycles.